The molecule has 1 aromatic rings. The summed E-state index contributed by atoms with van der Waals surface area (Å²) in [5, 5.41) is 3.05. The summed E-state index contributed by atoms with van der Waals surface area (Å²) in [4.78, 5) is 13.2. The van der Waals surface area contributed by atoms with E-state index in [1.807, 2.05) is 31.2 Å². The van der Waals surface area contributed by atoms with Gasteiger partial charge in [-0.1, -0.05) is 29.8 Å². The normalized spacial score (nSPS) is 14.1. The van der Waals surface area contributed by atoms with E-state index in [1.54, 1.807) is 11.8 Å². The maximum atomic E-state index is 12.0. The molecule has 20 heavy (non-hydrogen) atoms. The summed E-state index contributed by atoms with van der Waals surface area (Å²) in [7, 11) is 0. The highest BCUT2D eigenvalue weighted by Crippen LogP contribution is 2.21. The van der Waals surface area contributed by atoms with Crippen molar-refractivity contribution in [1.29, 1.82) is 0 Å². The highest BCUT2D eigenvalue weighted by Gasteiger charge is 2.28. The summed E-state index contributed by atoms with van der Waals surface area (Å²) in [6.45, 7) is 6.60. The smallest absolute Gasteiger partial charge is 0.221 e. The number of nitrogens with one attached hydrogen (secondary N) is 1. The minimum absolute atomic E-state index is 0.0660. The van der Waals surface area contributed by atoms with Gasteiger partial charge in [0.2, 0.25) is 5.91 Å². The zero-order valence-electron chi connectivity index (χ0n) is 12.3. The second-order valence-corrected chi connectivity index (χ2v) is 7.46. The number of benzene rings is 1. The molecule has 3 nitrogen and oxygen atoms in total. The molecule has 0 radical (unpaired) electrons. The van der Waals surface area contributed by atoms with Gasteiger partial charge in [0, 0.05) is 28.1 Å². The highest BCUT2D eigenvalue weighted by molar-refractivity contribution is 9.10. The molecule has 0 bridgehead atoms. The van der Waals surface area contributed by atoms with Crippen molar-refractivity contribution in [3.63, 3.8) is 0 Å². The number of rotatable bonds is 7. The molecule has 1 atom stereocenters. The lowest BCUT2D eigenvalue weighted by Crippen LogP contribution is -2.55. The Morgan fingerprint density at radius 3 is 2.50 bits per heavy atom. The molecule has 0 spiro atoms. The molecule has 0 heterocycles. The van der Waals surface area contributed by atoms with E-state index in [1.165, 1.54) is 4.90 Å². The third kappa shape index (κ3) is 5.46. The Labute approximate surface area is 134 Å². The van der Waals surface area contributed by atoms with E-state index < -0.39 is 0 Å². The van der Waals surface area contributed by atoms with E-state index in [2.05, 4.69) is 35.1 Å². The van der Waals surface area contributed by atoms with Gasteiger partial charge in [-0.05, 0) is 37.1 Å². The van der Waals surface area contributed by atoms with Crippen LogP contribution < -0.4 is 11.1 Å². The Hall–Kier alpha value is -0.520. The number of halogens is 1. The molecule has 0 saturated heterocycles. The second-order valence-electron chi connectivity index (χ2n) is 5.38. The first-order valence-electron chi connectivity index (χ1n) is 6.77. The predicted octanol–water partition coefficient (Wildman–Crippen LogP) is 3.42. The van der Waals surface area contributed by atoms with Crippen LogP contribution in [0.15, 0.2) is 33.6 Å². The van der Waals surface area contributed by atoms with E-state index in [9.17, 15) is 4.79 Å². The molecular weight excluding hydrogens is 336 g/mol. The molecule has 0 saturated carbocycles. The number of amides is 1. The van der Waals surface area contributed by atoms with E-state index >= 15 is 0 Å². The molecule has 3 N–H and O–H groups in total. The Bertz CT molecular complexity index is 436. The molecule has 1 rings (SSSR count). The SMILES string of the molecule is CC(C)C(C)(CN)NC(=O)CCSc1ccc(Br)cc1. The van der Waals surface area contributed by atoms with Gasteiger partial charge in [0.25, 0.3) is 0 Å². The molecule has 1 aromatic carbocycles. The Kier molecular flexibility index (Phi) is 7.06. The van der Waals surface area contributed by atoms with Crippen molar-refractivity contribution < 1.29 is 4.79 Å². The fourth-order valence-electron chi connectivity index (χ4n) is 1.60. The first-order valence-corrected chi connectivity index (χ1v) is 8.54. The lowest BCUT2D eigenvalue weighted by Gasteiger charge is -2.33. The summed E-state index contributed by atoms with van der Waals surface area (Å²) >= 11 is 5.09. The lowest BCUT2D eigenvalue weighted by atomic mass is 9.88. The fraction of sp³-hybridized carbons (Fsp3) is 0.533. The summed E-state index contributed by atoms with van der Waals surface area (Å²) in [6.07, 6.45) is 0.503. The zero-order valence-corrected chi connectivity index (χ0v) is 14.7. The van der Waals surface area contributed by atoms with Crippen molar-refractivity contribution in [3.05, 3.63) is 28.7 Å². The molecular formula is C15H23BrN2OS. The quantitative estimate of drug-likeness (QED) is 0.734. The van der Waals surface area contributed by atoms with E-state index in [0.717, 1.165) is 10.2 Å². The predicted molar refractivity (Wildman–Crippen MR) is 89.9 cm³/mol. The first kappa shape index (κ1) is 17.5. The van der Waals surface area contributed by atoms with Crippen LogP contribution in [0.3, 0.4) is 0 Å². The molecule has 0 aliphatic heterocycles. The van der Waals surface area contributed by atoms with Gasteiger partial charge in [-0.2, -0.15) is 0 Å². The van der Waals surface area contributed by atoms with Gasteiger partial charge >= 0.3 is 0 Å². The standard InChI is InChI=1S/C15H23BrN2OS/c1-11(2)15(3,10-17)18-14(19)8-9-20-13-6-4-12(16)5-7-13/h4-7,11H,8-10,17H2,1-3H3,(H,18,19). The number of hydrogen-bond donors (Lipinski definition) is 2. The van der Waals surface area contributed by atoms with Crippen LogP contribution in [0.4, 0.5) is 0 Å². The third-order valence-corrected chi connectivity index (χ3v) is 5.08. The fourth-order valence-corrected chi connectivity index (χ4v) is 2.72. The van der Waals surface area contributed by atoms with Gasteiger partial charge in [-0.3, -0.25) is 4.79 Å². The van der Waals surface area contributed by atoms with Crippen molar-refractivity contribution >= 4 is 33.6 Å². The molecule has 112 valence electrons. The maximum absolute atomic E-state index is 12.0. The second kappa shape index (κ2) is 8.05. The third-order valence-electron chi connectivity index (χ3n) is 3.53. The summed E-state index contributed by atoms with van der Waals surface area (Å²) < 4.78 is 1.07. The first-order chi connectivity index (χ1) is 9.37. The van der Waals surface area contributed by atoms with Crippen LogP contribution in [0, 0.1) is 5.92 Å². The Morgan fingerprint density at radius 2 is 2.00 bits per heavy atom. The van der Waals surface area contributed by atoms with Crippen LogP contribution in [-0.4, -0.2) is 23.7 Å². The van der Waals surface area contributed by atoms with E-state index in [0.29, 0.717) is 18.9 Å². The minimum Gasteiger partial charge on any atom is -0.349 e. The van der Waals surface area contributed by atoms with Gasteiger partial charge in [0.15, 0.2) is 0 Å². The number of thioether (sulfide) groups is 1. The summed E-state index contributed by atoms with van der Waals surface area (Å²) in [6, 6.07) is 8.11. The van der Waals surface area contributed by atoms with Crippen LogP contribution in [0.5, 0.6) is 0 Å². The number of carbonyl (C=O) groups excluding carboxylic acids is 1. The summed E-state index contributed by atoms with van der Waals surface area (Å²) in [5.74, 6) is 1.15. The van der Waals surface area contributed by atoms with Crippen molar-refractivity contribution in [1.82, 2.24) is 5.32 Å². The topological polar surface area (TPSA) is 55.1 Å². The van der Waals surface area contributed by atoms with Gasteiger partial charge in [0.05, 0.1) is 5.54 Å². The molecule has 0 aliphatic rings. The summed E-state index contributed by atoms with van der Waals surface area (Å²) in [5.41, 5.74) is 5.45. The average Bonchev–Trinajstić information content (AvgIpc) is 2.40. The largest absolute Gasteiger partial charge is 0.349 e. The van der Waals surface area contributed by atoms with Gasteiger partial charge in [-0.15, -0.1) is 11.8 Å². The van der Waals surface area contributed by atoms with Gasteiger partial charge in [0.1, 0.15) is 0 Å². The number of carbonyl (C=O) groups is 1. The van der Waals surface area contributed by atoms with Crippen LogP contribution in [-0.2, 0) is 4.79 Å². The molecule has 1 unspecified atom stereocenters. The van der Waals surface area contributed by atoms with E-state index in [4.69, 9.17) is 5.73 Å². The number of nitrogens with two attached hydrogens (primary N) is 1. The van der Waals surface area contributed by atoms with E-state index in [-0.39, 0.29) is 11.4 Å². The van der Waals surface area contributed by atoms with Crippen LogP contribution in [0.25, 0.3) is 0 Å². The average molecular weight is 359 g/mol. The molecule has 0 aromatic heterocycles. The van der Waals surface area contributed by atoms with Crippen molar-refractivity contribution in [2.45, 2.75) is 37.6 Å². The highest BCUT2D eigenvalue weighted by atomic mass is 79.9. The van der Waals surface area contributed by atoms with Crippen LogP contribution in [0.1, 0.15) is 27.2 Å². The lowest BCUT2D eigenvalue weighted by molar-refractivity contribution is -0.122. The zero-order chi connectivity index (χ0) is 15.2. The monoisotopic (exact) mass is 358 g/mol. The molecule has 1 amide bonds. The minimum atomic E-state index is -0.320. The molecule has 0 aliphatic carbocycles. The maximum Gasteiger partial charge on any atom is 0.221 e. The van der Waals surface area contributed by atoms with Gasteiger partial charge < -0.3 is 11.1 Å². The number of hydrogen-bond acceptors (Lipinski definition) is 3. The van der Waals surface area contributed by atoms with Crippen LogP contribution >= 0.6 is 27.7 Å². The molecule has 0 fully saturated rings. The van der Waals surface area contributed by atoms with Crippen molar-refractivity contribution in [2.75, 3.05) is 12.3 Å². The van der Waals surface area contributed by atoms with Gasteiger partial charge in [-0.25, -0.2) is 0 Å². The Morgan fingerprint density at radius 1 is 1.40 bits per heavy atom. The van der Waals surface area contributed by atoms with Crippen LogP contribution in [0.2, 0.25) is 0 Å². The van der Waals surface area contributed by atoms with Crippen molar-refractivity contribution in [2.24, 2.45) is 11.7 Å². The Balaban J connectivity index is 2.38. The van der Waals surface area contributed by atoms with Crippen molar-refractivity contribution in [3.8, 4) is 0 Å². The molecule has 5 heteroatoms.